The molecule has 46 heavy (non-hydrogen) atoms. The predicted octanol–water partition coefficient (Wildman–Crippen LogP) is 4.20. The molecule has 2 amide bonds. The van der Waals surface area contributed by atoms with Gasteiger partial charge in [-0.1, -0.05) is 36.4 Å². The molecule has 0 aromatic heterocycles. The summed E-state index contributed by atoms with van der Waals surface area (Å²) >= 11 is 0. The highest BCUT2D eigenvalue weighted by Gasteiger charge is 2.45. The Bertz CT molecular complexity index is 1890. The van der Waals surface area contributed by atoms with Crippen LogP contribution in [0.1, 0.15) is 57.4 Å². The first kappa shape index (κ1) is 29.8. The number of para-hydroxylation sites is 4. The lowest BCUT2D eigenvalue weighted by molar-refractivity contribution is -0.118. The van der Waals surface area contributed by atoms with Gasteiger partial charge in [-0.05, 0) is 48.5 Å². The molecule has 0 aliphatic heterocycles. The molecule has 4 aromatic rings. The first-order valence-electron chi connectivity index (χ1n) is 14.0. The van der Waals surface area contributed by atoms with Crippen molar-refractivity contribution in [2.24, 2.45) is 11.8 Å². The molecule has 0 radical (unpaired) electrons. The van der Waals surface area contributed by atoms with Crippen molar-refractivity contribution in [3.63, 3.8) is 0 Å². The van der Waals surface area contributed by atoms with E-state index in [1.807, 2.05) is 0 Å². The van der Waals surface area contributed by atoms with E-state index < -0.39 is 52.6 Å². The van der Waals surface area contributed by atoms with Gasteiger partial charge in [0.1, 0.15) is 11.5 Å². The standard InChI is InChI=1S/C35H24N2O9/c1-45-25-9-5-3-7-23(25)36-34(43)27-30(39)19-13-11-17(15-21(19)32(27)41)29(38)18-12-14-20-22(16-18)33(42)28(31(20)40)35(44)37-24-8-4-6-10-26(24)46-2/h3-16,27-28H,1-2H3,(H,36,43)(H,37,44). The van der Waals surface area contributed by atoms with Crippen LogP contribution < -0.4 is 20.1 Å². The number of nitrogens with one attached hydrogen (secondary N) is 2. The van der Waals surface area contributed by atoms with Crippen molar-refractivity contribution in [1.29, 1.82) is 0 Å². The first-order valence-corrected chi connectivity index (χ1v) is 14.0. The van der Waals surface area contributed by atoms with Gasteiger partial charge in [0.15, 0.2) is 40.8 Å². The van der Waals surface area contributed by atoms with Crippen molar-refractivity contribution in [2.75, 3.05) is 24.9 Å². The van der Waals surface area contributed by atoms with Gasteiger partial charge in [-0.25, -0.2) is 0 Å². The van der Waals surface area contributed by atoms with Gasteiger partial charge in [-0.3, -0.25) is 33.6 Å². The van der Waals surface area contributed by atoms with E-state index in [4.69, 9.17) is 9.47 Å². The number of amides is 2. The summed E-state index contributed by atoms with van der Waals surface area (Å²) in [5.74, 6) is -7.81. The minimum Gasteiger partial charge on any atom is -0.495 e. The largest absolute Gasteiger partial charge is 0.495 e. The van der Waals surface area contributed by atoms with Crippen LogP contribution in [-0.4, -0.2) is 55.0 Å². The van der Waals surface area contributed by atoms with Crippen LogP contribution in [0.3, 0.4) is 0 Å². The molecule has 0 heterocycles. The number of fused-ring (bicyclic) bond motifs is 2. The van der Waals surface area contributed by atoms with Gasteiger partial charge in [-0.2, -0.15) is 0 Å². The van der Waals surface area contributed by atoms with Gasteiger partial charge in [0.2, 0.25) is 11.8 Å². The van der Waals surface area contributed by atoms with Crippen LogP contribution in [0.4, 0.5) is 11.4 Å². The van der Waals surface area contributed by atoms with Crippen LogP contribution in [-0.2, 0) is 9.59 Å². The SMILES string of the molecule is COc1ccccc1NC(=O)C1C(=O)c2ccc(C(=O)c3ccc4c(c3)C(=O)C(C(=O)Nc3ccccc3OC)C4=O)cc2C1=O. The summed E-state index contributed by atoms with van der Waals surface area (Å²) in [6.07, 6.45) is 0. The third kappa shape index (κ3) is 4.93. The molecular weight excluding hydrogens is 592 g/mol. The predicted molar refractivity (Wildman–Crippen MR) is 164 cm³/mol. The average molecular weight is 617 g/mol. The summed E-state index contributed by atoms with van der Waals surface area (Å²) in [6, 6.07) is 20.8. The monoisotopic (exact) mass is 616 g/mol. The number of ether oxygens (including phenoxy) is 2. The van der Waals surface area contributed by atoms with Crippen molar-refractivity contribution in [3.05, 3.63) is 118 Å². The van der Waals surface area contributed by atoms with Crippen molar-refractivity contribution in [1.82, 2.24) is 0 Å². The Morgan fingerprint density at radius 1 is 0.522 bits per heavy atom. The highest BCUT2D eigenvalue weighted by atomic mass is 16.5. The smallest absolute Gasteiger partial charge is 0.243 e. The van der Waals surface area contributed by atoms with E-state index in [1.165, 1.54) is 50.6 Å². The van der Waals surface area contributed by atoms with Gasteiger partial charge >= 0.3 is 0 Å². The number of carbonyl (C=O) groups is 7. The molecule has 0 fully saturated rings. The summed E-state index contributed by atoms with van der Waals surface area (Å²) in [5, 5.41) is 5.12. The molecule has 0 bridgehead atoms. The molecule has 4 aromatic carbocycles. The maximum atomic E-state index is 13.5. The minimum atomic E-state index is -1.65. The van der Waals surface area contributed by atoms with E-state index in [1.54, 1.807) is 48.5 Å². The van der Waals surface area contributed by atoms with Crippen LogP contribution >= 0.6 is 0 Å². The number of benzene rings is 4. The third-order valence-electron chi connectivity index (χ3n) is 7.93. The number of Topliss-reactive ketones (excluding diaryl/α,β-unsaturated/α-hetero) is 4. The Hall–Kier alpha value is -6.23. The lowest BCUT2D eigenvalue weighted by atomic mass is 9.96. The van der Waals surface area contributed by atoms with Gasteiger partial charge in [0.05, 0.1) is 25.6 Å². The maximum absolute atomic E-state index is 13.5. The van der Waals surface area contributed by atoms with Gasteiger partial charge in [-0.15, -0.1) is 0 Å². The van der Waals surface area contributed by atoms with Crippen LogP contribution in [0.5, 0.6) is 11.5 Å². The summed E-state index contributed by atoms with van der Waals surface area (Å²) in [7, 11) is 2.83. The second-order valence-electron chi connectivity index (χ2n) is 10.6. The highest BCUT2D eigenvalue weighted by molar-refractivity contribution is 6.38. The molecule has 2 unspecified atom stereocenters. The summed E-state index contributed by atoms with van der Waals surface area (Å²) in [4.78, 5) is 92.2. The lowest BCUT2D eigenvalue weighted by Crippen LogP contribution is -2.31. The molecule has 2 aliphatic carbocycles. The molecule has 0 spiro atoms. The quantitative estimate of drug-likeness (QED) is 0.218. The zero-order chi connectivity index (χ0) is 32.7. The fraction of sp³-hybridized carbons (Fsp3) is 0.114. The van der Waals surface area contributed by atoms with Crippen molar-refractivity contribution in [2.45, 2.75) is 0 Å². The molecule has 0 saturated heterocycles. The molecule has 2 atom stereocenters. The Morgan fingerprint density at radius 2 is 0.891 bits per heavy atom. The number of carbonyl (C=O) groups excluding carboxylic acids is 7. The van der Waals surface area contributed by atoms with E-state index in [0.717, 1.165) is 0 Å². The van der Waals surface area contributed by atoms with E-state index >= 15 is 0 Å². The van der Waals surface area contributed by atoms with Crippen LogP contribution in [0, 0.1) is 11.8 Å². The van der Waals surface area contributed by atoms with Gasteiger partial charge in [0, 0.05) is 33.4 Å². The molecule has 228 valence electrons. The second kappa shape index (κ2) is 11.7. The first-order chi connectivity index (χ1) is 22.1. The van der Waals surface area contributed by atoms with E-state index in [9.17, 15) is 33.6 Å². The van der Waals surface area contributed by atoms with E-state index in [0.29, 0.717) is 11.5 Å². The van der Waals surface area contributed by atoms with Crippen LogP contribution in [0.2, 0.25) is 0 Å². The van der Waals surface area contributed by atoms with Gasteiger partial charge in [0.25, 0.3) is 0 Å². The topological polar surface area (TPSA) is 162 Å². The van der Waals surface area contributed by atoms with Crippen LogP contribution in [0.15, 0.2) is 84.9 Å². The maximum Gasteiger partial charge on any atom is 0.243 e. The van der Waals surface area contributed by atoms with Gasteiger partial charge < -0.3 is 20.1 Å². The Kier molecular flexibility index (Phi) is 7.58. The molecule has 2 N–H and O–H groups in total. The fourth-order valence-corrected chi connectivity index (χ4v) is 5.62. The number of ketones is 5. The van der Waals surface area contributed by atoms with E-state index in [2.05, 4.69) is 10.6 Å². The Balaban J connectivity index is 1.22. The van der Waals surface area contributed by atoms with Crippen molar-refractivity contribution < 1.29 is 43.0 Å². The number of hydrogen-bond acceptors (Lipinski definition) is 9. The molecule has 2 aliphatic rings. The number of hydrogen-bond donors (Lipinski definition) is 2. The van der Waals surface area contributed by atoms with Crippen molar-refractivity contribution >= 4 is 52.1 Å². The number of rotatable bonds is 8. The second-order valence-corrected chi connectivity index (χ2v) is 10.6. The zero-order valence-corrected chi connectivity index (χ0v) is 24.4. The highest BCUT2D eigenvalue weighted by Crippen LogP contribution is 2.33. The lowest BCUT2D eigenvalue weighted by Gasteiger charge is -2.12. The summed E-state index contributed by atoms with van der Waals surface area (Å²) in [5.41, 5.74) is 0.438. The molecule has 11 heteroatoms. The minimum absolute atomic E-state index is 0.000329. The van der Waals surface area contributed by atoms with E-state index in [-0.39, 0.29) is 44.8 Å². The zero-order valence-electron chi connectivity index (χ0n) is 24.4. The Labute approximate surface area is 261 Å². The van der Waals surface area contributed by atoms with Crippen molar-refractivity contribution in [3.8, 4) is 11.5 Å². The fourth-order valence-electron chi connectivity index (χ4n) is 5.62. The number of methoxy groups -OCH3 is 2. The molecule has 6 rings (SSSR count). The average Bonchev–Trinajstić information content (AvgIpc) is 3.47. The molecule has 0 saturated carbocycles. The summed E-state index contributed by atoms with van der Waals surface area (Å²) in [6.45, 7) is 0. The molecule has 11 nitrogen and oxygen atoms in total. The normalized spacial score (nSPS) is 16.5. The summed E-state index contributed by atoms with van der Waals surface area (Å²) < 4.78 is 10.4. The Morgan fingerprint density at radius 3 is 1.28 bits per heavy atom. The third-order valence-corrected chi connectivity index (χ3v) is 7.93. The van der Waals surface area contributed by atoms with Crippen LogP contribution in [0.25, 0.3) is 0 Å². The number of anilines is 2. The molecular formula is C35H24N2O9.